The normalized spacial score (nSPS) is 17.1. The Balaban J connectivity index is 3.10. The number of halogens is 1. The predicted molar refractivity (Wildman–Crippen MR) is 93.1 cm³/mol. The molecular formula is C16H24BrNO3S. The maximum Gasteiger partial charge on any atom is 0.240 e. The van der Waals surface area contributed by atoms with Gasteiger partial charge in [-0.1, -0.05) is 42.3 Å². The van der Waals surface area contributed by atoms with E-state index in [0.29, 0.717) is 0 Å². The van der Waals surface area contributed by atoms with Gasteiger partial charge in [0.2, 0.25) is 10.0 Å². The average Bonchev–Trinajstić information content (AvgIpc) is 2.50. The molecule has 0 saturated heterocycles. The molecule has 0 aliphatic carbocycles. The molecule has 124 valence electrons. The Kier molecular flexibility index (Phi) is 7.25. The molecule has 1 unspecified atom stereocenters. The van der Waals surface area contributed by atoms with E-state index in [1.54, 1.807) is 25.1 Å². The molecule has 1 rings (SSSR count). The standard InChI is InChI=1S/C16H24BrNO3S/c1-5-11(3)15(16(19)12(4)6-2)18-22(20,21)14-9-7-13(17)8-10-14/h6-11,15-16,18-19H,5H2,1-4H3/b12-6+/t11-,15-,16?/m0/s1. The lowest BCUT2D eigenvalue weighted by Gasteiger charge is -2.29. The number of benzene rings is 1. The number of hydrogen-bond acceptors (Lipinski definition) is 3. The highest BCUT2D eigenvalue weighted by molar-refractivity contribution is 9.10. The second kappa shape index (κ2) is 8.24. The van der Waals surface area contributed by atoms with E-state index in [4.69, 9.17) is 0 Å². The van der Waals surface area contributed by atoms with Crippen molar-refractivity contribution in [3.8, 4) is 0 Å². The number of rotatable bonds is 7. The lowest BCUT2D eigenvalue weighted by atomic mass is 9.91. The highest BCUT2D eigenvalue weighted by atomic mass is 79.9. The van der Waals surface area contributed by atoms with E-state index in [0.717, 1.165) is 16.5 Å². The van der Waals surface area contributed by atoms with Crippen molar-refractivity contribution >= 4 is 26.0 Å². The molecule has 0 saturated carbocycles. The Bertz CT molecular complexity index is 611. The zero-order valence-corrected chi connectivity index (χ0v) is 15.8. The Morgan fingerprint density at radius 1 is 1.36 bits per heavy atom. The van der Waals surface area contributed by atoms with Gasteiger partial charge in [-0.3, -0.25) is 0 Å². The van der Waals surface area contributed by atoms with Gasteiger partial charge in [-0.25, -0.2) is 13.1 Å². The summed E-state index contributed by atoms with van der Waals surface area (Å²) in [5, 5.41) is 10.4. The third-order valence-corrected chi connectivity index (χ3v) is 5.94. The van der Waals surface area contributed by atoms with E-state index in [1.165, 1.54) is 12.1 Å². The average molecular weight is 390 g/mol. The van der Waals surface area contributed by atoms with Crippen molar-refractivity contribution in [3.05, 3.63) is 40.4 Å². The highest BCUT2D eigenvalue weighted by Gasteiger charge is 2.30. The minimum atomic E-state index is -3.68. The van der Waals surface area contributed by atoms with Crippen LogP contribution in [-0.4, -0.2) is 25.7 Å². The van der Waals surface area contributed by atoms with Crippen LogP contribution >= 0.6 is 15.9 Å². The third-order valence-electron chi connectivity index (χ3n) is 3.93. The summed E-state index contributed by atoms with van der Waals surface area (Å²) in [7, 11) is -3.68. The van der Waals surface area contributed by atoms with Gasteiger partial charge in [0, 0.05) is 4.47 Å². The monoisotopic (exact) mass is 389 g/mol. The van der Waals surface area contributed by atoms with E-state index < -0.39 is 22.2 Å². The van der Waals surface area contributed by atoms with Gasteiger partial charge in [-0.05, 0) is 49.6 Å². The molecule has 0 amide bonds. The van der Waals surface area contributed by atoms with Crippen LogP contribution in [0.3, 0.4) is 0 Å². The van der Waals surface area contributed by atoms with Gasteiger partial charge in [-0.2, -0.15) is 0 Å². The maximum absolute atomic E-state index is 12.5. The van der Waals surface area contributed by atoms with Crippen LogP contribution in [0.25, 0.3) is 0 Å². The summed E-state index contributed by atoms with van der Waals surface area (Å²) in [4.78, 5) is 0.189. The first kappa shape index (κ1) is 19.4. The van der Waals surface area contributed by atoms with Crippen molar-refractivity contribution in [2.24, 2.45) is 5.92 Å². The van der Waals surface area contributed by atoms with Crippen LogP contribution in [-0.2, 0) is 10.0 Å². The molecule has 4 nitrogen and oxygen atoms in total. The minimum absolute atomic E-state index is 0.00937. The zero-order chi connectivity index (χ0) is 16.9. The summed E-state index contributed by atoms with van der Waals surface area (Å²) in [6.45, 7) is 7.54. The maximum atomic E-state index is 12.5. The van der Waals surface area contributed by atoms with Gasteiger partial charge in [0.25, 0.3) is 0 Å². The Labute approximate surface area is 141 Å². The molecule has 0 aliphatic rings. The third kappa shape index (κ3) is 4.91. The van der Waals surface area contributed by atoms with Crippen LogP contribution < -0.4 is 4.72 Å². The zero-order valence-electron chi connectivity index (χ0n) is 13.4. The SMILES string of the molecule is C/C=C(\C)C(O)[C@@H](NS(=O)(=O)c1ccc(Br)cc1)[C@@H](C)CC. The number of aliphatic hydroxyl groups is 1. The largest absolute Gasteiger partial charge is 0.387 e. The van der Waals surface area contributed by atoms with E-state index in [1.807, 2.05) is 20.8 Å². The predicted octanol–water partition coefficient (Wildman–Crippen LogP) is 3.47. The smallest absolute Gasteiger partial charge is 0.240 e. The molecule has 1 aromatic rings. The molecule has 6 heteroatoms. The molecule has 22 heavy (non-hydrogen) atoms. The molecule has 2 N–H and O–H groups in total. The fourth-order valence-corrected chi connectivity index (χ4v) is 3.67. The molecule has 3 atom stereocenters. The fourth-order valence-electron chi connectivity index (χ4n) is 2.06. The van der Waals surface area contributed by atoms with Crippen molar-refractivity contribution < 1.29 is 13.5 Å². The Hall–Kier alpha value is -0.690. The Morgan fingerprint density at radius 2 is 1.91 bits per heavy atom. The van der Waals surface area contributed by atoms with Crippen molar-refractivity contribution in [2.75, 3.05) is 0 Å². The molecule has 0 aliphatic heterocycles. The van der Waals surface area contributed by atoms with E-state index >= 15 is 0 Å². The van der Waals surface area contributed by atoms with Crippen LogP contribution in [0.1, 0.15) is 34.1 Å². The Morgan fingerprint density at radius 3 is 2.36 bits per heavy atom. The lowest BCUT2D eigenvalue weighted by molar-refractivity contribution is 0.142. The first-order valence-electron chi connectivity index (χ1n) is 7.31. The lowest BCUT2D eigenvalue weighted by Crippen LogP contribution is -2.47. The molecule has 1 aromatic carbocycles. The van der Waals surface area contributed by atoms with Gasteiger partial charge < -0.3 is 5.11 Å². The van der Waals surface area contributed by atoms with Gasteiger partial charge in [0.1, 0.15) is 0 Å². The summed E-state index contributed by atoms with van der Waals surface area (Å²) in [5.74, 6) is 0.00937. The van der Waals surface area contributed by atoms with Gasteiger partial charge >= 0.3 is 0 Å². The molecule has 0 spiro atoms. The van der Waals surface area contributed by atoms with Crippen molar-refractivity contribution in [1.82, 2.24) is 4.72 Å². The fraction of sp³-hybridized carbons (Fsp3) is 0.500. The van der Waals surface area contributed by atoms with E-state index in [2.05, 4.69) is 20.7 Å². The summed E-state index contributed by atoms with van der Waals surface area (Å²) < 4.78 is 28.5. The second-order valence-electron chi connectivity index (χ2n) is 5.46. The quantitative estimate of drug-likeness (QED) is 0.701. The summed E-state index contributed by atoms with van der Waals surface area (Å²) in [5.41, 5.74) is 0.754. The minimum Gasteiger partial charge on any atom is -0.387 e. The second-order valence-corrected chi connectivity index (χ2v) is 8.09. The summed E-state index contributed by atoms with van der Waals surface area (Å²) >= 11 is 3.29. The number of sulfonamides is 1. The first-order valence-corrected chi connectivity index (χ1v) is 9.59. The van der Waals surface area contributed by atoms with Crippen LogP contribution in [0.2, 0.25) is 0 Å². The van der Waals surface area contributed by atoms with Gasteiger partial charge in [-0.15, -0.1) is 0 Å². The van der Waals surface area contributed by atoms with Crippen LogP contribution in [0.15, 0.2) is 45.3 Å². The van der Waals surface area contributed by atoms with Crippen molar-refractivity contribution in [2.45, 2.75) is 51.2 Å². The van der Waals surface area contributed by atoms with Crippen molar-refractivity contribution in [3.63, 3.8) is 0 Å². The molecule has 0 aromatic heterocycles. The number of aliphatic hydroxyl groups excluding tert-OH is 1. The highest BCUT2D eigenvalue weighted by Crippen LogP contribution is 2.21. The van der Waals surface area contributed by atoms with E-state index in [-0.39, 0.29) is 10.8 Å². The topological polar surface area (TPSA) is 66.4 Å². The van der Waals surface area contributed by atoms with Crippen LogP contribution in [0.5, 0.6) is 0 Å². The van der Waals surface area contributed by atoms with E-state index in [9.17, 15) is 13.5 Å². The van der Waals surface area contributed by atoms with Crippen LogP contribution in [0.4, 0.5) is 0 Å². The molecule has 0 bridgehead atoms. The van der Waals surface area contributed by atoms with Gasteiger partial charge in [0.15, 0.2) is 0 Å². The van der Waals surface area contributed by atoms with Gasteiger partial charge in [0.05, 0.1) is 17.0 Å². The summed E-state index contributed by atoms with van der Waals surface area (Å²) in [6, 6.07) is 5.88. The molecule has 0 fully saturated rings. The van der Waals surface area contributed by atoms with Crippen LogP contribution in [0, 0.1) is 5.92 Å². The number of nitrogens with one attached hydrogen (secondary N) is 1. The van der Waals surface area contributed by atoms with Crippen molar-refractivity contribution in [1.29, 1.82) is 0 Å². The summed E-state index contributed by atoms with van der Waals surface area (Å²) in [6.07, 6.45) is 1.72. The number of hydrogen-bond donors (Lipinski definition) is 2. The molecule has 0 heterocycles. The first-order chi connectivity index (χ1) is 10.2. The number of allylic oxidation sites excluding steroid dienone is 1. The molecular weight excluding hydrogens is 366 g/mol. The molecule has 0 radical (unpaired) electrons.